The predicted octanol–water partition coefficient (Wildman–Crippen LogP) is 3.36. The monoisotopic (exact) mass is 418 g/mol. The number of hydrogen-bond donors (Lipinski definition) is 0. The summed E-state index contributed by atoms with van der Waals surface area (Å²) in [6.07, 6.45) is 0. The lowest BCUT2D eigenvalue weighted by Gasteiger charge is -2.44. The number of ether oxygens (including phenoxy) is 2. The lowest BCUT2D eigenvalue weighted by molar-refractivity contribution is 0.0249. The second kappa shape index (κ2) is 8.69. The van der Waals surface area contributed by atoms with Crippen molar-refractivity contribution in [2.45, 2.75) is 25.9 Å². The smallest absolute Gasteiger partial charge is 0.257 e. The molecule has 160 valence electrons. The predicted molar refractivity (Wildman–Crippen MR) is 107 cm³/mol. The number of benzene rings is 2. The van der Waals surface area contributed by atoms with Crippen molar-refractivity contribution in [3.63, 3.8) is 0 Å². The van der Waals surface area contributed by atoms with Gasteiger partial charge in [0, 0.05) is 37.3 Å². The summed E-state index contributed by atoms with van der Waals surface area (Å²) in [5.41, 5.74) is -0.119. The van der Waals surface area contributed by atoms with Gasteiger partial charge in [0.15, 0.2) is 0 Å². The van der Waals surface area contributed by atoms with E-state index < -0.39 is 23.4 Å². The summed E-state index contributed by atoms with van der Waals surface area (Å²) < 4.78 is 38.7. The Balaban J connectivity index is 1.78. The van der Waals surface area contributed by atoms with Crippen molar-refractivity contribution in [2.75, 3.05) is 27.3 Å². The Labute approximate surface area is 174 Å². The molecule has 1 aliphatic heterocycles. The number of nitrogens with zero attached hydrogens (tertiary/aromatic N) is 2. The van der Waals surface area contributed by atoms with E-state index in [0.717, 1.165) is 12.1 Å². The van der Waals surface area contributed by atoms with E-state index in [0.29, 0.717) is 11.5 Å². The Morgan fingerprint density at radius 1 is 0.833 bits per heavy atom. The number of rotatable bonds is 4. The minimum atomic E-state index is -0.669. The van der Waals surface area contributed by atoms with Crippen LogP contribution in [0.25, 0.3) is 0 Å². The second-order valence-corrected chi connectivity index (χ2v) is 7.31. The minimum absolute atomic E-state index is 0.0591. The molecule has 0 N–H and O–H groups in total. The van der Waals surface area contributed by atoms with Crippen molar-refractivity contribution >= 4 is 11.8 Å². The van der Waals surface area contributed by atoms with Gasteiger partial charge >= 0.3 is 0 Å². The van der Waals surface area contributed by atoms with Gasteiger partial charge in [-0.1, -0.05) is 0 Å². The highest BCUT2D eigenvalue weighted by Gasteiger charge is 2.36. The first-order valence-electron chi connectivity index (χ1n) is 9.55. The van der Waals surface area contributed by atoms with Gasteiger partial charge in [-0.2, -0.15) is 0 Å². The highest BCUT2D eigenvalue weighted by Crippen LogP contribution is 2.25. The maximum absolute atomic E-state index is 14.4. The maximum Gasteiger partial charge on any atom is 0.257 e. The third-order valence-electron chi connectivity index (χ3n) is 5.25. The van der Waals surface area contributed by atoms with Gasteiger partial charge in [-0.15, -0.1) is 0 Å². The fourth-order valence-corrected chi connectivity index (χ4v) is 3.79. The Hall–Kier alpha value is -3.16. The average Bonchev–Trinajstić information content (AvgIpc) is 2.72. The number of hydrogen-bond acceptors (Lipinski definition) is 4. The molecule has 0 bridgehead atoms. The van der Waals surface area contributed by atoms with E-state index in [1.54, 1.807) is 18.7 Å². The normalized spacial score (nSPS) is 18.9. The van der Waals surface area contributed by atoms with Crippen molar-refractivity contribution in [3.05, 3.63) is 59.2 Å². The molecule has 1 aliphatic rings. The largest absolute Gasteiger partial charge is 0.497 e. The summed E-state index contributed by atoms with van der Waals surface area (Å²) in [6, 6.07) is 7.38. The van der Waals surface area contributed by atoms with Gasteiger partial charge in [0.2, 0.25) is 0 Å². The van der Waals surface area contributed by atoms with Crippen LogP contribution in [0.4, 0.5) is 8.78 Å². The van der Waals surface area contributed by atoms with Crippen molar-refractivity contribution in [1.82, 2.24) is 9.80 Å². The molecule has 2 aromatic rings. The van der Waals surface area contributed by atoms with Crippen LogP contribution in [-0.4, -0.2) is 61.0 Å². The van der Waals surface area contributed by atoms with Gasteiger partial charge in [-0.05, 0) is 38.1 Å². The molecule has 1 saturated heterocycles. The molecule has 0 aromatic heterocycles. The minimum Gasteiger partial charge on any atom is -0.497 e. The lowest BCUT2D eigenvalue weighted by atomic mass is 10.0. The topological polar surface area (TPSA) is 59.1 Å². The molecule has 3 rings (SSSR count). The summed E-state index contributed by atoms with van der Waals surface area (Å²) in [5.74, 6) is -1.62. The van der Waals surface area contributed by atoms with Gasteiger partial charge in [0.25, 0.3) is 11.8 Å². The highest BCUT2D eigenvalue weighted by molar-refractivity contribution is 5.96. The average molecular weight is 418 g/mol. The Bertz CT molecular complexity index is 954. The van der Waals surface area contributed by atoms with Crippen molar-refractivity contribution in [2.24, 2.45) is 0 Å². The third-order valence-corrected chi connectivity index (χ3v) is 5.25. The van der Waals surface area contributed by atoms with E-state index >= 15 is 0 Å². The molecule has 8 heteroatoms. The van der Waals surface area contributed by atoms with Crippen molar-refractivity contribution in [1.29, 1.82) is 0 Å². The standard InChI is InChI=1S/C22H24F2N2O4/c1-13-11-25(21(27)17-7-5-15(29-3)9-19(17)23)12-14(2)26(13)22(28)18-8-6-16(30-4)10-20(18)24/h5-10,13-14H,11-12H2,1-4H3. The zero-order chi connectivity index (χ0) is 22.0. The van der Waals surface area contributed by atoms with Crippen LogP contribution >= 0.6 is 0 Å². The van der Waals surface area contributed by atoms with E-state index in [4.69, 9.17) is 9.47 Å². The molecule has 2 atom stereocenters. The SMILES string of the molecule is COc1ccc(C(=O)N2CC(C)N(C(=O)c3ccc(OC)cc3F)C(C)C2)c(F)c1. The maximum atomic E-state index is 14.4. The Kier molecular flexibility index (Phi) is 6.24. The molecule has 0 aliphatic carbocycles. The summed E-state index contributed by atoms with van der Waals surface area (Å²) in [5, 5.41) is 0. The number of methoxy groups -OCH3 is 2. The van der Waals surface area contributed by atoms with Crippen LogP contribution < -0.4 is 9.47 Å². The van der Waals surface area contributed by atoms with Crippen LogP contribution in [0.3, 0.4) is 0 Å². The van der Waals surface area contributed by atoms with Crippen LogP contribution in [0.15, 0.2) is 36.4 Å². The van der Waals surface area contributed by atoms with E-state index in [9.17, 15) is 18.4 Å². The van der Waals surface area contributed by atoms with E-state index in [1.165, 1.54) is 43.4 Å². The van der Waals surface area contributed by atoms with Gasteiger partial charge in [0.05, 0.1) is 25.3 Å². The van der Waals surface area contributed by atoms with Gasteiger partial charge in [-0.3, -0.25) is 9.59 Å². The van der Waals surface area contributed by atoms with E-state index in [1.807, 2.05) is 0 Å². The molecule has 1 heterocycles. The van der Waals surface area contributed by atoms with Crippen molar-refractivity contribution < 1.29 is 27.8 Å². The molecule has 6 nitrogen and oxygen atoms in total. The molecule has 30 heavy (non-hydrogen) atoms. The molecule has 0 spiro atoms. The van der Waals surface area contributed by atoms with Crippen LogP contribution in [0.5, 0.6) is 11.5 Å². The molecule has 1 fully saturated rings. The Morgan fingerprint density at radius 2 is 1.27 bits per heavy atom. The molecular weight excluding hydrogens is 394 g/mol. The van der Waals surface area contributed by atoms with Gasteiger partial charge < -0.3 is 19.3 Å². The molecule has 2 amide bonds. The zero-order valence-electron chi connectivity index (χ0n) is 17.3. The molecule has 0 saturated carbocycles. The molecule has 0 radical (unpaired) electrons. The third kappa shape index (κ3) is 4.08. The second-order valence-electron chi connectivity index (χ2n) is 7.31. The van der Waals surface area contributed by atoms with Gasteiger partial charge in [0.1, 0.15) is 23.1 Å². The summed E-state index contributed by atoms with van der Waals surface area (Å²) in [6.45, 7) is 3.97. The fraction of sp³-hybridized carbons (Fsp3) is 0.364. The van der Waals surface area contributed by atoms with Crippen LogP contribution in [0, 0.1) is 11.6 Å². The quantitative estimate of drug-likeness (QED) is 0.764. The first-order valence-corrected chi connectivity index (χ1v) is 9.55. The van der Waals surface area contributed by atoms with Crippen molar-refractivity contribution in [3.8, 4) is 11.5 Å². The molecule has 2 aromatic carbocycles. The first-order chi connectivity index (χ1) is 14.3. The number of halogens is 2. The van der Waals surface area contributed by atoms with Crippen LogP contribution in [-0.2, 0) is 0 Å². The number of piperazine rings is 1. The van der Waals surface area contributed by atoms with Crippen LogP contribution in [0.2, 0.25) is 0 Å². The summed E-state index contributed by atoms with van der Waals surface area (Å²) >= 11 is 0. The van der Waals surface area contributed by atoms with E-state index in [-0.39, 0.29) is 36.3 Å². The Morgan fingerprint density at radius 3 is 1.67 bits per heavy atom. The lowest BCUT2D eigenvalue weighted by Crippen LogP contribution is -2.60. The summed E-state index contributed by atoms with van der Waals surface area (Å²) in [7, 11) is 2.84. The van der Waals surface area contributed by atoms with E-state index in [2.05, 4.69) is 0 Å². The fourth-order valence-electron chi connectivity index (χ4n) is 3.79. The first kappa shape index (κ1) is 21.5. The number of amides is 2. The molecule has 2 unspecified atom stereocenters. The van der Waals surface area contributed by atoms with Crippen LogP contribution in [0.1, 0.15) is 34.6 Å². The summed E-state index contributed by atoms with van der Waals surface area (Å²) in [4.78, 5) is 28.9. The highest BCUT2D eigenvalue weighted by atomic mass is 19.1. The zero-order valence-corrected chi connectivity index (χ0v) is 17.3. The number of carbonyl (C=O) groups excluding carboxylic acids is 2. The number of carbonyl (C=O) groups is 2. The molecular formula is C22H24F2N2O4. The van der Waals surface area contributed by atoms with Gasteiger partial charge in [-0.25, -0.2) is 8.78 Å².